The lowest BCUT2D eigenvalue weighted by Crippen LogP contribution is -2.16. The van der Waals surface area contributed by atoms with E-state index < -0.39 is 0 Å². The van der Waals surface area contributed by atoms with Crippen LogP contribution in [0, 0.1) is 0 Å². The van der Waals surface area contributed by atoms with Crippen molar-refractivity contribution in [2.45, 2.75) is 38.5 Å². The summed E-state index contributed by atoms with van der Waals surface area (Å²) in [5, 5.41) is 2.27. The third-order valence-electron chi connectivity index (χ3n) is 11.5. The van der Waals surface area contributed by atoms with Crippen LogP contribution >= 0.6 is 0 Å². The summed E-state index contributed by atoms with van der Waals surface area (Å²) < 4.78 is 6.94. The number of benzene rings is 7. The third kappa shape index (κ3) is 3.91. The van der Waals surface area contributed by atoms with Gasteiger partial charge in [-0.15, -0.1) is 0 Å². The summed E-state index contributed by atoms with van der Waals surface area (Å²) >= 11 is 0. The molecular weight excluding hydrogens is 607 g/mol. The van der Waals surface area contributed by atoms with Crippen LogP contribution in [0.15, 0.2) is 156 Å². The van der Waals surface area contributed by atoms with Gasteiger partial charge in [0.05, 0.1) is 16.8 Å². The standard InChI is InChI=1S/C48H37NO/c1-47(2)36-18-10-8-16-33(36)43-38(47)20-12-21-40(43)49(32-26-24-31(25-27-32)30-14-6-5-7-15-30)41-22-13-23-42-45(41)35-28-29-39-44(46(35)50-42)34-17-9-11-19-37(34)48(39,3)4/h5-29H,1-4H3. The van der Waals surface area contributed by atoms with E-state index in [4.69, 9.17) is 4.42 Å². The van der Waals surface area contributed by atoms with Crippen molar-refractivity contribution in [2.75, 3.05) is 4.90 Å². The van der Waals surface area contributed by atoms with Crippen LogP contribution in [0.3, 0.4) is 0 Å². The summed E-state index contributed by atoms with van der Waals surface area (Å²) in [5.41, 5.74) is 17.9. The molecule has 2 aliphatic carbocycles. The zero-order valence-electron chi connectivity index (χ0n) is 28.8. The zero-order chi connectivity index (χ0) is 33.8. The Morgan fingerprint density at radius 1 is 0.440 bits per heavy atom. The highest BCUT2D eigenvalue weighted by Crippen LogP contribution is 2.57. The van der Waals surface area contributed by atoms with Crippen molar-refractivity contribution in [3.63, 3.8) is 0 Å². The van der Waals surface area contributed by atoms with Gasteiger partial charge in [-0.25, -0.2) is 0 Å². The maximum absolute atomic E-state index is 6.94. The van der Waals surface area contributed by atoms with Crippen LogP contribution in [0.2, 0.25) is 0 Å². The number of hydrogen-bond acceptors (Lipinski definition) is 2. The molecule has 0 unspecified atom stereocenters. The molecule has 1 heterocycles. The van der Waals surface area contributed by atoms with E-state index in [0.29, 0.717) is 0 Å². The molecule has 0 atom stereocenters. The van der Waals surface area contributed by atoms with Crippen LogP contribution in [-0.2, 0) is 10.8 Å². The van der Waals surface area contributed by atoms with Gasteiger partial charge in [-0.2, -0.15) is 0 Å². The molecule has 0 fully saturated rings. The Labute approximate surface area is 293 Å². The van der Waals surface area contributed by atoms with Gasteiger partial charge in [0.15, 0.2) is 0 Å². The molecular formula is C48H37NO. The summed E-state index contributed by atoms with van der Waals surface area (Å²) in [6, 6.07) is 55.4. The molecule has 0 bridgehead atoms. The van der Waals surface area contributed by atoms with Gasteiger partial charge in [-0.1, -0.05) is 149 Å². The van der Waals surface area contributed by atoms with Crippen molar-refractivity contribution < 1.29 is 4.42 Å². The largest absolute Gasteiger partial charge is 0.455 e. The lowest BCUT2D eigenvalue weighted by atomic mass is 9.82. The van der Waals surface area contributed by atoms with E-state index in [1.807, 2.05) is 0 Å². The molecule has 0 saturated carbocycles. The summed E-state index contributed by atoms with van der Waals surface area (Å²) in [5.74, 6) is 0. The Morgan fingerprint density at radius 3 is 1.72 bits per heavy atom. The molecule has 8 aromatic rings. The van der Waals surface area contributed by atoms with E-state index in [-0.39, 0.29) is 10.8 Å². The molecule has 7 aromatic carbocycles. The maximum Gasteiger partial charge on any atom is 0.143 e. The van der Waals surface area contributed by atoms with E-state index in [9.17, 15) is 0 Å². The highest BCUT2D eigenvalue weighted by atomic mass is 16.3. The lowest BCUT2D eigenvalue weighted by molar-refractivity contribution is 0.653. The van der Waals surface area contributed by atoms with Gasteiger partial charge in [-0.3, -0.25) is 0 Å². The fourth-order valence-corrected chi connectivity index (χ4v) is 9.00. The minimum atomic E-state index is -0.111. The number of fused-ring (bicyclic) bond motifs is 10. The second kappa shape index (κ2) is 10.3. The van der Waals surface area contributed by atoms with Gasteiger partial charge in [0, 0.05) is 33.0 Å². The van der Waals surface area contributed by atoms with Gasteiger partial charge >= 0.3 is 0 Å². The van der Waals surface area contributed by atoms with Gasteiger partial charge in [-0.05, 0) is 74.8 Å². The predicted octanol–water partition coefficient (Wildman–Crippen LogP) is 13.3. The topological polar surface area (TPSA) is 16.4 Å². The van der Waals surface area contributed by atoms with Crippen LogP contribution in [0.1, 0.15) is 49.9 Å². The van der Waals surface area contributed by atoms with E-state index in [2.05, 4.69) is 184 Å². The van der Waals surface area contributed by atoms with Crippen LogP contribution in [0.4, 0.5) is 17.1 Å². The predicted molar refractivity (Wildman–Crippen MR) is 209 cm³/mol. The molecule has 0 amide bonds. The molecule has 0 aliphatic heterocycles. The van der Waals surface area contributed by atoms with Crippen molar-refractivity contribution in [3.05, 3.63) is 174 Å². The monoisotopic (exact) mass is 643 g/mol. The van der Waals surface area contributed by atoms with Crippen LogP contribution in [-0.4, -0.2) is 0 Å². The Bertz CT molecular complexity index is 2640. The molecule has 1 aromatic heterocycles. The van der Waals surface area contributed by atoms with Crippen molar-refractivity contribution >= 4 is 39.0 Å². The first-order chi connectivity index (χ1) is 24.3. The summed E-state index contributed by atoms with van der Waals surface area (Å²) in [6.45, 7) is 9.36. The van der Waals surface area contributed by atoms with Crippen LogP contribution in [0.25, 0.3) is 55.3 Å². The average Bonchev–Trinajstić information content (AvgIpc) is 3.73. The lowest BCUT2D eigenvalue weighted by Gasteiger charge is -2.29. The zero-order valence-corrected chi connectivity index (χ0v) is 28.8. The van der Waals surface area contributed by atoms with Crippen molar-refractivity contribution in [2.24, 2.45) is 0 Å². The molecule has 2 heteroatoms. The van der Waals surface area contributed by atoms with Gasteiger partial charge in [0.1, 0.15) is 11.2 Å². The van der Waals surface area contributed by atoms with Crippen molar-refractivity contribution in [3.8, 4) is 33.4 Å². The first kappa shape index (κ1) is 29.1. The first-order valence-corrected chi connectivity index (χ1v) is 17.6. The molecule has 240 valence electrons. The second-order valence-electron chi connectivity index (χ2n) is 14.9. The molecule has 50 heavy (non-hydrogen) atoms. The SMILES string of the molecule is CC1(C)c2ccccc2-c2c(N(c3ccc(-c4ccccc4)cc3)c3cccc4oc5c6c(ccc5c34)C(C)(C)c3ccccc3-6)cccc21. The second-order valence-corrected chi connectivity index (χ2v) is 14.9. The van der Waals surface area contributed by atoms with Crippen molar-refractivity contribution in [1.29, 1.82) is 0 Å². The van der Waals surface area contributed by atoms with Crippen LogP contribution < -0.4 is 4.90 Å². The molecule has 0 spiro atoms. The summed E-state index contributed by atoms with van der Waals surface area (Å²) in [7, 11) is 0. The minimum Gasteiger partial charge on any atom is -0.455 e. The number of nitrogens with zero attached hydrogens (tertiary/aromatic N) is 1. The maximum atomic E-state index is 6.94. The first-order valence-electron chi connectivity index (χ1n) is 17.6. The highest BCUT2D eigenvalue weighted by Gasteiger charge is 2.39. The van der Waals surface area contributed by atoms with E-state index in [1.165, 1.54) is 61.3 Å². The Balaban J connectivity index is 1.26. The summed E-state index contributed by atoms with van der Waals surface area (Å²) in [6.07, 6.45) is 0. The number of furan rings is 1. The van der Waals surface area contributed by atoms with E-state index >= 15 is 0 Å². The average molecular weight is 644 g/mol. The fourth-order valence-electron chi connectivity index (χ4n) is 9.00. The van der Waals surface area contributed by atoms with Gasteiger partial charge in [0.25, 0.3) is 0 Å². The smallest absolute Gasteiger partial charge is 0.143 e. The van der Waals surface area contributed by atoms with E-state index in [0.717, 1.165) is 33.3 Å². The van der Waals surface area contributed by atoms with E-state index in [1.54, 1.807) is 0 Å². The molecule has 0 saturated heterocycles. The van der Waals surface area contributed by atoms with Gasteiger partial charge in [0.2, 0.25) is 0 Å². The van der Waals surface area contributed by atoms with Gasteiger partial charge < -0.3 is 9.32 Å². The summed E-state index contributed by atoms with van der Waals surface area (Å²) in [4.78, 5) is 2.47. The molecule has 2 nitrogen and oxygen atoms in total. The normalized spacial score (nSPS) is 14.7. The third-order valence-corrected chi connectivity index (χ3v) is 11.5. The fraction of sp³-hybridized carbons (Fsp3) is 0.125. The number of rotatable bonds is 4. The number of anilines is 3. The van der Waals surface area contributed by atoms with Crippen molar-refractivity contribution in [1.82, 2.24) is 0 Å². The van der Waals surface area contributed by atoms with Crippen LogP contribution in [0.5, 0.6) is 0 Å². The quantitative estimate of drug-likeness (QED) is 0.190. The molecule has 0 radical (unpaired) electrons. The number of hydrogen-bond donors (Lipinski definition) is 0. The molecule has 0 N–H and O–H groups in total. The minimum absolute atomic E-state index is 0.0980. The highest BCUT2D eigenvalue weighted by molar-refractivity contribution is 6.18. The Hall–Kier alpha value is -5.86. The molecule has 2 aliphatic rings. The Kier molecular flexibility index (Phi) is 6.01. The Morgan fingerprint density at radius 2 is 1.00 bits per heavy atom. The molecule has 10 rings (SSSR count).